The molecule has 0 aliphatic heterocycles. The summed E-state index contributed by atoms with van der Waals surface area (Å²) in [6.45, 7) is 5.10. The van der Waals surface area contributed by atoms with Crippen LogP contribution in [0.5, 0.6) is 11.5 Å². The first kappa shape index (κ1) is 16.4. The third-order valence-corrected chi connectivity index (χ3v) is 3.01. The van der Waals surface area contributed by atoms with Crippen LogP contribution in [0.15, 0.2) is 65.3 Å². The molecule has 0 saturated carbocycles. The van der Waals surface area contributed by atoms with Crippen molar-refractivity contribution < 1.29 is 14.3 Å². The number of hydrogen-bond acceptors (Lipinski definition) is 5. The zero-order valence-corrected chi connectivity index (χ0v) is 13.2. The SMILES string of the molecule is C=CCc1cc(N=Nc2ccc(OC(C)=O)cc2)ccc1OC. The quantitative estimate of drug-likeness (QED) is 0.334. The Labute approximate surface area is 135 Å². The lowest BCUT2D eigenvalue weighted by Crippen LogP contribution is -2.00. The normalized spacial score (nSPS) is 10.5. The van der Waals surface area contributed by atoms with Crippen molar-refractivity contribution in [2.45, 2.75) is 13.3 Å². The molecule has 5 heteroatoms. The van der Waals surface area contributed by atoms with Gasteiger partial charge in [-0.15, -0.1) is 6.58 Å². The van der Waals surface area contributed by atoms with Gasteiger partial charge in [0.2, 0.25) is 0 Å². The monoisotopic (exact) mass is 310 g/mol. The lowest BCUT2D eigenvalue weighted by Gasteiger charge is -2.06. The number of allylic oxidation sites excluding steroid dienone is 1. The van der Waals surface area contributed by atoms with E-state index in [1.165, 1.54) is 6.92 Å². The van der Waals surface area contributed by atoms with E-state index in [-0.39, 0.29) is 5.97 Å². The molecule has 118 valence electrons. The van der Waals surface area contributed by atoms with Gasteiger partial charge in [0.25, 0.3) is 0 Å². The predicted molar refractivity (Wildman–Crippen MR) is 88.8 cm³/mol. The summed E-state index contributed by atoms with van der Waals surface area (Å²) in [6.07, 6.45) is 2.51. The lowest BCUT2D eigenvalue weighted by molar-refractivity contribution is -0.131. The van der Waals surface area contributed by atoms with Crippen LogP contribution < -0.4 is 9.47 Å². The molecule has 0 aliphatic rings. The molecule has 23 heavy (non-hydrogen) atoms. The maximum absolute atomic E-state index is 10.9. The van der Waals surface area contributed by atoms with E-state index in [2.05, 4.69) is 16.8 Å². The number of benzene rings is 2. The van der Waals surface area contributed by atoms with Crippen molar-refractivity contribution in [2.75, 3.05) is 7.11 Å². The van der Waals surface area contributed by atoms with Crippen LogP contribution in [0.1, 0.15) is 12.5 Å². The number of ether oxygens (including phenoxy) is 2. The van der Waals surface area contributed by atoms with Gasteiger partial charge in [-0.25, -0.2) is 0 Å². The van der Waals surface area contributed by atoms with E-state index in [0.717, 1.165) is 17.0 Å². The van der Waals surface area contributed by atoms with E-state index in [4.69, 9.17) is 9.47 Å². The summed E-state index contributed by atoms with van der Waals surface area (Å²) in [7, 11) is 1.63. The predicted octanol–water partition coefficient (Wildman–Crippen LogP) is 4.76. The Balaban J connectivity index is 2.14. The zero-order chi connectivity index (χ0) is 16.7. The van der Waals surface area contributed by atoms with E-state index in [1.807, 2.05) is 24.3 Å². The zero-order valence-electron chi connectivity index (χ0n) is 13.2. The van der Waals surface area contributed by atoms with Crippen LogP contribution in [0, 0.1) is 0 Å². The molecule has 0 spiro atoms. The molecule has 0 radical (unpaired) electrons. The molecule has 5 nitrogen and oxygen atoms in total. The van der Waals surface area contributed by atoms with Gasteiger partial charge < -0.3 is 9.47 Å². The van der Waals surface area contributed by atoms with Gasteiger partial charge in [-0.1, -0.05) is 6.08 Å². The summed E-state index contributed by atoms with van der Waals surface area (Å²) >= 11 is 0. The number of carbonyl (C=O) groups excluding carboxylic acids is 1. The summed E-state index contributed by atoms with van der Waals surface area (Å²) in [6, 6.07) is 12.4. The van der Waals surface area contributed by atoms with Crippen LogP contribution in [0.4, 0.5) is 11.4 Å². The Kier molecular flexibility index (Phi) is 5.63. The minimum atomic E-state index is -0.354. The van der Waals surface area contributed by atoms with Crippen molar-refractivity contribution in [3.05, 3.63) is 60.7 Å². The smallest absolute Gasteiger partial charge is 0.308 e. The number of azo groups is 1. The van der Waals surface area contributed by atoms with Crippen molar-refractivity contribution in [1.82, 2.24) is 0 Å². The number of esters is 1. The standard InChI is InChI=1S/C18H18N2O3/c1-4-5-14-12-16(8-11-18(14)22-3)20-19-15-6-9-17(10-7-15)23-13(2)21/h4,6-12H,1,5H2,2-3H3. The van der Waals surface area contributed by atoms with Crippen molar-refractivity contribution in [3.8, 4) is 11.5 Å². The average Bonchev–Trinajstić information content (AvgIpc) is 2.54. The summed E-state index contributed by atoms with van der Waals surface area (Å²) in [5.41, 5.74) is 2.40. The molecule has 2 aromatic rings. The molecule has 0 aromatic heterocycles. The fourth-order valence-electron chi connectivity index (χ4n) is 2.00. The number of nitrogens with zero attached hydrogens (tertiary/aromatic N) is 2. The number of methoxy groups -OCH3 is 1. The molecule has 0 amide bonds. The van der Waals surface area contributed by atoms with Crippen molar-refractivity contribution in [1.29, 1.82) is 0 Å². The lowest BCUT2D eigenvalue weighted by atomic mass is 10.1. The topological polar surface area (TPSA) is 60.2 Å². The summed E-state index contributed by atoms with van der Waals surface area (Å²) in [5, 5.41) is 8.38. The van der Waals surface area contributed by atoms with Gasteiger partial charge in [-0.3, -0.25) is 4.79 Å². The number of carbonyl (C=O) groups is 1. The Morgan fingerprint density at radius 3 is 2.39 bits per heavy atom. The van der Waals surface area contributed by atoms with E-state index in [9.17, 15) is 4.79 Å². The molecule has 0 N–H and O–H groups in total. The number of hydrogen-bond donors (Lipinski definition) is 0. The fourth-order valence-corrected chi connectivity index (χ4v) is 2.00. The molecule has 0 saturated heterocycles. The van der Waals surface area contributed by atoms with Gasteiger partial charge in [-0.05, 0) is 48.9 Å². The maximum Gasteiger partial charge on any atom is 0.308 e. The molecule has 0 atom stereocenters. The highest BCUT2D eigenvalue weighted by molar-refractivity contribution is 5.69. The third-order valence-electron chi connectivity index (χ3n) is 3.01. The Hall–Kier alpha value is -2.95. The maximum atomic E-state index is 10.9. The van der Waals surface area contributed by atoms with Crippen LogP contribution in [0.3, 0.4) is 0 Å². The van der Waals surface area contributed by atoms with Crippen LogP contribution >= 0.6 is 0 Å². The van der Waals surface area contributed by atoms with E-state index in [0.29, 0.717) is 17.9 Å². The first-order chi connectivity index (χ1) is 11.1. The van der Waals surface area contributed by atoms with Gasteiger partial charge >= 0.3 is 5.97 Å². The number of rotatable bonds is 6. The van der Waals surface area contributed by atoms with E-state index in [1.54, 1.807) is 31.4 Å². The van der Waals surface area contributed by atoms with Gasteiger partial charge in [0.15, 0.2) is 0 Å². The highest BCUT2D eigenvalue weighted by atomic mass is 16.5. The van der Waals surface area contributed by atoms with Crippen LogP contribution in [-0.4, -0.2) is 13.1 Å². The Morgan fingerprint density at radius 1 is 1.13 bits per heavy atom. The van der Waals surface area contributed by atoms with E-state index >= 15 is 0 Å². The van der Waals surface area contributed by atoms with Crippen LogP contribution in [0.2, 0.25) is 0 Å². The summed E-state index contributed by atoms with van der Waals surface area (Å²) in [4.78, 5) is 10.9. The highest BCUT2D eigenvalue weighted by Gasteiger charge is 2.03. The van der Waals surface area contributed by atoms with Gasteiger partial charge in [0, 0.05) is 12.5 Å². The van der Waals surface area contributed by atoms with E-state index < -0.39 is 0 Å². The second kappa shape index (κ2) is 7.89. The first-order valence-corrected chi connectivity index (χ1v) is 7.10. The average molecular weight is 310 g/mol. The minimum absolute atomic E-state index is 0.354. The second-order valence-electron chi connectivity index (χ2n) is 4.78. The van der Waals surface area contributed by atoms with Gasteiger partial charge in [0.05, 0.1) is 18.5 Å². The second-order valence-corrected chi connectivity index (χ2v) is 4.78. The Morgan fingerprint density at radius 2 is 1.78 bits per heavy atom. The van der Waals surface area contributed by atoms with Crippen LogP contribution in [-0.2, 0) is 11.2 Å². The highest BCUT2D eigenvalue weighted by Crippen LogP contribution is 2.27. The molecule has 2 rings (SSSR count). The molecule has 0 aliphatic carbocycles. The van der Waals surface area contributed by atoms with Crippen LogP contribution in [0.25, 0.3) is 0 Å². The molecule has 0 heterocycles. The minimum Gasteiger partial charge on any atom is -0.496 e. The third kappa shape index (κ3) is 4.78. The summed E-state index contributed by atoms with van der Waals surface area (Å²) in [5.74, 6) is 0.927. The van der Waals surface area contributed by atoms with Gasteiger partial charge in [-0.2, -0.15) is 10.2 Å². The molecular weight excluding hydrogens is 292 g/mol. The van der Waals surface area contributed by atoms with Crippen molar-refractivity contribution in [2.24, 2.45) is 10.2 Å². The first-order valence-electron chi connectivity index (χ1n) is 7.10. The molecule has 0 fully saturated rings. The Bertz CT molecular complexity index is 722. The van der Waals surface area contributed by atoms with Gasteiger partial charge in [0.1, 0.15) is 11.5 Å². The van der Waals surface area contributed by atoms with Crippen molar-refractivity contribution >= 4 is 17.3 Å². The largest absolute Gasteiger partial charge is 0.496 e. The fraction of sp³-hybridized carbons (Fsp3) is 0.167. The molecular formula is C18H18N2O3. The molecule has 0 unspecified atom stereocenters. The molecule has 2 aromatic carbocycles. The van der Waals surface area contributed by atoms with Crippen molar-refractivity contribution in [3.63, 3.8) is 0 Å². The molecule has 0 bridgehead atoms. The summed E-state index contributed by atoms with van der Waals surface area (Å²) < 4.78 is 10.3.